The summed E-state index contributed by atoms with van der Waals surface area (Å²) in [7, 11) is 0. The number of hydrogen-bond donors (Lipinski definition) is 2. The first-order chi connectivity index (χ1) is 13.0. The van der Waals surface area contributed by atoms with E-state index in [0.717, 1.165) is 22.5 Å². The Kier molecular flexibility index (Phi) is 5.87. The summed E-state index contributed by atoms with van der Waals surface area (Å²) in [5.41, 5.74) is 5.86. The van der Waals surface area contributed by atoms with Gasteiger partial charge in [-0.25, -0.2) is 0 Å². The second kappa shape index (κ2) is 8.49. The second-order valence-electron chi connectivity index (χ2n) is 6.97. The van der Waals surface area contributed by atoms with Crippen molar-refractivity contribution in [2.75, 3.05) is 5.32 Å². The maximum absolute atomic E-state index is 12.5. The fourth-order valence-corrected chi connectivity index (χ4v) is 2.84. The fourth-order valence-electron chi connectivity index (χ4n) is 2.84. The first kappa shape index (κ1) is 18.6. The van der Waals surface area contributed by atoms with Crippen molar-refractivity contribution in [3.63, 3.8) is 0 Å². The molecule has 3 aromatic rings. The highest BCUT2D eigenvalue weighted by atomic mass is 16.1. The lowest BCUT2D eigenvalue weighted by Crippen LogP contribution is -2.23. The minimum Gasteiger partial charge on any atom is -0.354 e. The summed E-state index contributed by atoms with van der Waals surface area (Å²) >= 11 is 0. The molecule has 0 aliphatic heterocycles. The van der Waals surface area contributed by atoms with Crippen molar-refractivity contribution in [1.29, 1.82) is 0 Å². The number of anilines is 2. The van der Waals surface area contributed by atoms with Gasteiger partial charge in [0.05, 0.1) is 17.4 Å². The summed E-state index contributed by atoms with van der Waals surface area (Å²) in [4.78, 5) is 16.7. The van der Waals surface area contributed by atoms with Crippen molar-refractivity contribution in [1.82, 2.24) is 10.3 Å². The van der Waals surface area contributed by atoms with Crippen LogP contribution in [-0.4, -0.2) is 10.9 Å². The van der Waals surface area contributed by atoms with E-state index < -0.39 is 0 Å². The molecule has 0 radical (unpaired) electrons. The summed E-state index contributed by atoms with van der Waals surface area (Å²) in [6, 6.07) is 18.2. The van der Waals surface area contributed by atoms with Gasteiger partial charge in [0.2, 0.25) is 0 Å². The lowest BCUT2D eigenvalue weighted by atomic mass is 10.0. The Morgan fingerprint density at radius 3 is 2.44 bits per heavy atom. The Bertz CT molecular complexity index is 917. The van der Waals surface area contributed by atoms with Gasteiger partial charge in [-0.2, -0.15) is 0 Å². The van der Waals surface area contributed by atoms with Crippen LogP contribution in [0.25, 0.3) is 0 Å². The molecule has 1 amide bonds. The maximum Gasteiger partial charge on any atom is 0.253 e. The zero-order valence-electron chi connectivity index (χ0n) is 16.0. The summed E-state index contributed by atoms with van der Waals surface area (Å²) in [6.45, 7) is 6.88. The van der Waals surface area contributed by atoms with E-state index in [0.29, 0.717) is 18.0 Å². The van der Waals surface area contributed by atoms with Crippen molar-refractivity contribution in [2.45, 2.75) is 33.2 Å². The van der Waals surface area contributed by atoms with Crippen LogP contribution in [0.4, 0.5) is 11.4 Å². The number of benzene rings is 2. The Morgan fingerprint density at radius 2 is 1.74 bits per heavy atom. The van der Waals surface area contributed by atoms with Crippen molar-refractivity contribution in [3.05, 3.63) is 89.2 Å². The van der Waals surface area contributed by atoms with E-state index in [-0.39, 0.29) is 5.91 Å². The van der Waals surface area contributed by atoms with Crippen LogP contribution in [0.5, 0.6) is 0 Å². The highest BCUT2D eigenvalue weighted by Crippen LogP contribution is 2.20. The maximum atomic E-state index is 12.5. The van der Waals surface area contributed by atoms with Crippen molar-refractivity contribution in [3.8, 4) is 0 Å². The minimum atomic E-state index is -0.135. The van der Waals surface area contributed by atoms with Gasteiger partial charge in [0.1, 0.15) is 0 Å². The van der Waals surface area contributed by atoms with Crippen LogP contribution in [0, 0.1) is 6.92 Å². The standard InChI is InChI=1S/C23H25N3O/c1-16(2)18-8-10-21(11-9-18)26-22-12-20(13-24-15-22)23(27)25-14-19-7-5-4-6-17(19)3/h4-13,15-16,26H,14H2,1-3H3,(H,25,27). The number of hydrogen-bond acceptors (Lipinski definition) is 3. The highest BCUT2D eigenvalue weighted by Gasteiger charge is 2.08. The molecule has 0 spiro atoms. The highest BCUT2D eigenvalue weighted by molar-refractivity contribution is 5.94. The van der Waals surface area contributed by atoms with Gasteiger partial charge in [-0.3, -0.25) is 9.78 Å². The first-order valence-electron chi connectivity index (χ1n) is 9.17. The lowest BCUT2D eigenvalue weighted by molar-refractivity contribution is 0.0950. The summed E-state index contributed by atoms with van der Waals surface area (Å²) in [5, 5.41) is 6.27. The predicted molar refractivity (Wildman–Crippen MR) is 110 cm³/mol. The third kappa shape index (κ3) is 4.94. The Morgan fingerprint density at radius 1 is 1.00 bits per heavy atom. The van der Waals surface area contributed by atoms with Gasteiger partial charge in [-0.1, -0.05) is 50.2 Å². The molecular formula is C23H25N3O. The average Bonchev–Trinajstić information content (AvgIpc) is 2.68. The smallest absolute Gasteiger partial charge is 0.253 e. The zero-order chi connectivity index (χ0) is 19.2. The van der Waals surface area contributed by atoms with Gasteiger partial charge in [-0.15, -0.1) is 0 Å². The summed E-state index contributed by atoms with van der Waals surface area (Å²) < 4.78 is 0. The van der Waals surface area contributed by atoms with Crippen LogP contribution in [0.3, 0.4) is 0 Å². The molecule has 0 saturated heterocycles. The largest absolute Gasteiger partial charge is 0.354 e. The van der Waals surface area contributed by atoms with E-state index in [2.05, 4.69) is 41.6 Å². The van der Waals surface area contributed by atoms with E-state index in [9.17, 15) is 4.79 Å². The van der Waals surface area contributed by atoms with Crippen molar-refractivity contribution in [2.24, 2.45) is 0 Å². The van der Waals surface area contributed by atoms with Crippen molar-refractivity contribution < 1.29 is 4.79 Å². The lowest BCUT2D eigenvalue weighted by Gasteiger charge is -2.11. The molecule has 0 unspecified atom stereocenters. The molecule has 0 aliphatic rings. The van der Waals surface area contributed by atoms with Gasteiger partial charge in [0, 0.05) is 18.4 Å². The summed E-state index contributed by atoms with van der Waals surface area (Å²) in [6.07, 6.45) is 3.30. The molecule has 4 heteroatoms. The molecule has 0 fully saturated rings. The molecule has 4 nitrogen and oxygen atoms in total. The van der Waals surface area contributed by atoms with Crippen LogP contribution < -0.4 is 10.6 Å². The Balaban J connectivity index is 1.65. The molecular weight excluding hydrogens is 334 g/mol. The van der Waals surface area contributed by atoms with Gasteiger partial charge in [0.15, 0.2) is 0 Å². The summed E-state index contributed by atoms with van der Waals surface area (Å²) in [5.74, 6) is 0.366. The second-order valence-corrected chi connectivity index (χ2v) is 6.97. The van der Waals surface area contributed by atoms with Crippen LogP contribution in [0.15, 0.2) is 67.0 Å². The first-order valence-corrected chi connectivity index (χ1v) is 9.17. The van der Waals surface area contributed by atoms with E-state index in [1.54, 1.807) is 12.4 Å². The number of amides is 1. The Labute approximate surface area is 160 Å². The van der Waals surface area contributed by atoms with Crippen LogP contribution in [0.2, 0.25) is 0 Å². The van der Waals surface area contributed by atoms with E-state index in [1.165, 1.54) is 5.56 Å². The van der Waals surface area contributed by atoms with E-state index in [1.807, 2.05) is 49.4 Å². The van der Waals surface area contributed by atoms with Gasteiger partial charge in [-0.05, 0) is 47.7 Å². The Hall–Kier alpha value is -3.14. The minimum absolute atomic E-state index is 0.135. The van der Waals surface area contributed by atoms with Gasteiger partial charge < -0.3 is 10.6 Å². The van der Waals surface area contributed by atoms with Gasteiger partial charge in [0.25, 0.3) is 5.91 Å². The van der Waals surface area contributed by atoms with Gasteiger partial charge >= 0.3 is 0 Å². The number of carbonyl (C=O) groups excluding carboxylic acids is 1. The van der Waals surface area contributed by atoms with Crippen LogP contribution in [0.1, 0.15) is 46.8 Å². The monoisotopic (exact) mass is 359 g/mol. The molecule has 138 valence electrons. The average molecular weight is 359 g/mol. The fraction of sp³-hybridized carbons (Fsp3) is 0.217. The number of nitrogens with zero attached hydrogens (tertiary/aromatic N) is 1. The number of aryl methyl sites for hydroxylation is 1. The third-order valence-electron chi connectivity index (χ3n) is 4.57. The topological polar surface area (TPSA) is 54.0 Å². The molecule has 0 saturated carbocycles. The molecule has 27 heavy (non-hydrogen) atoms. The number of aromatic nitrogens is 1. The zero-order valence-corrected chi connectivity index (χ0v) is 16.0. The molecule has 1 aromatic heterocycles. The molecule has 2 aromatic carbocycles. The SMILES string of the molecule is Cc1ccccc1CNC(=O)c1cncc(Nc2ccc(C(C)C)cc2)c1. The molecule has 2 N–H and O–H groups in total. The number of carbonyl (C=O) groups is 1. The van der Waals surface area contributed by atoms with E-state index >= 15 is 0 Å². The molecule has 0 atom stereocenters. The molecule has 0 bridgehead atoms. The van der Waals surface area contributed by atoms with Crippen molar-refractivity contribution >= 4 is 17.3 Å². The predicted octanol–water partition coefficient (Wildman–Crippen LogP) is 5.19. The quantitative estimate of drug-likeness (QED) is 0.637. The molecule has 3 rings (SSSR count). The van der Waals surface area contributed by atoms with E-state index in [4.69, 9.17) is 0 Å². The van der Waals surface area contributed by atoms with Crippen LogP contribution >= 0.6 is 0 Å². The number of pyridine rings is 1. The number of rotatable bonds is 6. The van der Waals surface area contributed by atoms with Crippen LogP contribution in [-0.2, 0) is 6.54 Å². The molecule has 0 aliphatic carbocycles. The normalized spacial score (nSPS) is 10.7. The number of nitrogens with one attached hydrogen (secondary N) is 2. The third-order valence-corrected chi connectivity index (χ3v) is 4.57. The molecule has 1 heterocycles.